The van der Waals surface area contributed by atoms with Crippen molar-refractivity contribution in [2.45, 2.75) is 18.9 Å². The molecule has 1 saturated heterocycles. The predicted octanol–water partition coefficient (Wildman–Crippen LogP) is 3.61. The summed E-state index contributed by atoms with van der Waals surface area (Å²) in [5.41, 5.74) is 1.90. The maximum atomic E-state index is 14.8. The van der Waals surface area contributed by atoms with Crippen LogP contribution in [-0.2, 0) is 4.84 Å². The third-order valence-corrected chi connectivity index (χ3v) is 6.60. The van der Waals surface area contributed by atoms with Gasteiger partial charge in [0.05, 0.1) is 21.5 Å². The Morgan fingerprint density at radius 2 is 2.17 bits per heavy atom. The molecule has 3 heterocycles. The highest BCUT2D eigenvalue weighted by Crippen LogP contribution is 2.25. The number of carbonyl (C=O) groups excluding carboxylic acids is 1. The molecule has 0 spiro atoms. The number of amides is 1. The minimum atomic E-state index is -0.320. The molecule has 0 radical (unpaired) electrons. The molecule has 4 rings (SSSR count). The van der Waals surface area contributed by atoms with E-state index in [0.29, 0.717) is 33.5 Å². The Hall–Kier alpha value is -2.16. The molecule has 30 heavy (non-hydrogen) atoms. The quantitative estimate of drug-likeness (QED) is 0.756. The molecule has 1 fully saturated rings. The summed E-state index contributed by atoms with van der Waals surface area (Å²) >= 11 is 7.08. The van der Waals surface area contributed by atoms with Crippen LogP contribution in [0.2, 0.25) is 4.34 Å². The van der Waals surface area contributed by atoms with Crippen LogP contribution in [0, 0.1) is 5.82 Å². The Kier molecular flexibility index (Phi) is 6.55. The van der Waals surface area contributed by atoms with E-state index in [1.54, 1.807) is 24.3 Å². The molecular formula is C21H24ClFN4O2S. The first-order valence-electron chi connectivity index (χ1n) is 9.99. The smallest absolute Gasteiger partial charge is 0.261 e. The number of hydrogen-bond donors (Lipinski definition) is 1. The lowest BCUT2D eigenvalue weighted by atomic mass is 10.0. The average molecular weight is 451 g/mol. The Labute approximate surface area is 184 Å². The van der Waals surface area contributed by atoms with E-state index in [4.69, 9.17) is 16.4 Å². The molecule has 1 atom stereocenters. The van der Waals surface area contributed by atoms with Crippen LogP contribution in [0.25, 0.3) is 0 Å². The van der Waals surface area contributed by atoms with E-state index < -0.39 is 0 Å². The predicted molar refractivity (Wildman–Crippen MR) is 118 cm³/mol. The Balaban J connectivity index is 1.34. The summed E-state index contributed by atoms with van der Waals surface area (Å²) in [6, 6.07) is 8.67. The summed E-state index contributed by atoms with van der Waals surface area (Å²) in [7, 11) is 2.11. The van der Waals surface area contributed by atoms with Crippen molar-refractivity contribution in [3.63, 3.8) is 0 Å². The van der Waals surface area contributed by atoms with Crippen molar-refractivity contribution >= 4 is 40.2 Å². The van der Waals surface area contributed by atoms with Crippen molar-refractivity contribution in [3.05, 3.63) is 50.9 Å². The SMILES string of the molecule is CN1CCCN(c2ccc(C3=NOC(CNC(=O)c4ccc(Cl)s4)C3)c(F)c2)CC1. The summed E-state index contributed by atoms with van der Waals surface area (Å²) in [6.07, 6.45) is 1.18. The molecule has 1 aromatic carbocycles. The van der Waals surface area contributed by atoms with Crippen LogP contribution in [0.3, 0.4) is 0 Å². The zero-order valence-electron chi connectivity index (χ0n) is 16.7. The molecule has 1 unspecified atom stereocenters. The minimum absolute atomic E-state index is 0.206. The number of oxime groups is 1. The van der Waals surface area contributed by atoms with Crippen LogP contribution in [-0.4, -0.2) is 62.4 Å². The van der Waals surface area contributed by atoms with Gasteiger partial charge in [-0.3, -0.25) is 4.79 Å². The van der Waals surface area contributed by atoms with Gasteiger partial charge >= 0.3 is 0 Å². The molecule has 1 aromatic heterocycles. The van der Waals surface area contributed by atoms with Gasteiger partial charge < -0.3 is 20.0 Å². The number of rotatable bonds is 5. The molecule has 2 aliphatic heterocycles. The number of nitrogens with one attached hydrogen (secondary N) is 1. The first-order valence-corrected chi connectivity index (χ1v) is 11.2. The van der Waals surface area contributed by atoms with E-state index in [9.17, 15) is 9.18 Å². The third-order valence-electron chi connectivity index (χ3n) is 5.37. The van der Waals surface area contributed by atoms with Crippen molar-refractivity contribution in [1.82, 2.24) is 10.2 Å². The first-order chi connectivity index (χ1) is 14.5. The number of nitrogens with zero attached hydrogens (tertiary/aromatic N) is 3. The number of likely N-dealkylation sites (N-methyl/N-ethyl adjacent to an activating group) is 1. The molecule has 0 saturated carbocycles. The van der Waals surface area contributed by atoms with Crippen LogP contribution < -0.4 is 10.2 Å². The number of anilines is 1. The highest BCUT2D eigenvalue weighted by Gasteiger charge is 2.25. The maximum Gasteiger partial charge on any atom is 0.261 e. The lowest BCUT2D eigenvalue weighted by Gasteiger charge is -2.23. The van der Waals surface area contributed by atoms with Crippen LogP contribution >= 0.6 is 22.9 Å². The number of benzene rings is 1. The molecule has 1 N–H and O–H groups in total. The van der Waals surface area contributed by atoms with Crippen molar-refractivity contribution in [1.29, 1.82) is 0 Å². The Morgan fingerprint density at radius 3 is 2.93 bits per heavy atom. The van der Waals surface area contributed by atoms with E-state index in [0.717, 1.165) is 38.3 Å². The summed E-state index contributed by atoms with van der Waals surface area (Å²) in [6.45, 7) is 4.13. The number of hydrogen-bond acceptors (Lipinski definition) is 6. The van der Waals surface area contributed by atoms with Gasteiger partial charge in [0.1, 0.15) is 11.9 Å². The van der Waals surface area contributed by atoms with Crippen LogP contribution in [0.15, 0.2) is 35.5 Å². The second kappa shape index (κ2) is 9.32. The molecule has 2 aliphatic rings. The van der Waals surface area contributed by atoms with Gasteiger partial charge in [-0.25, -0.2) is 4.39 Å². The van der Waals surface area contributed by atoms with Crippen molar-refractivity contribution in [2.24, 2.45) is 5.16 Å². The molecule has 0 aliphatic carbocycles. The number of halogens is 2. The van der Waals surface area contributed by atoms with Gasteiger partial charge in [0.2, 0.25) is 0 Å². The number of thiophene rings is 1. The van der Waals surface area contributed by atoms with Crippen LogP contribution in [0.1, 0.15) is 28.1 Å². The second-order valence-corrected chi connectivity index (χ2v) is 9.31. The molecule has 2 aromatic rings. The van der Waals surface area contributed by atoms with Gasteiger partial charge in [-0.05, 0) is 50.3 Å². The maximum absolute atomic E-state index is 14.8. The summed E-state index contributed by atoms with van der Waals surface area (Å²) in [5, 5.41) is 6.87. The molecule has 1 amide bonds. The Morgan fingerprint density at radius 1 is 1.30 bits per heavy atom. The monoisotopic (exact) mass is 450 g/mol. The van der Waals surface area contributed by atoms with Crippen molar-refractivity contribution in [2.75, 3.05) is 44.7 Å². The first kappa shape index (κ1) is 21.1. The lowest BCUT2D eigenvalue weighted by Crippen LogP contribution is -2.32. The van der Waals surface area contributed by atoms with Gasteiger partial charge in [0.25, 0.3) is 5.91 Å². The molecular weight excluding hydrogens is 427 g/mol. The van der Waals surface area contributed by atoms with E-state index in [1.807, 2.05) is 6.07 Å². The fraction of sp³-hybridized carbons (Fsp3) is 0.429. The third kappa shape index (κ3) is 4.94. The van der Waals surface area contributed by atoms with Crippen LogP contribution in [0.5, 0.6) is 0 Å². The topological polar surface area (TPSA) is 57.2 Å². The summed E-state index contributed by atoms with van der Waals surface area (Å²) < 4.78 is 15.4. The van der Waals surface area contributed by atoms with Gasteiger partial charge in [0, 0.05) is 37.3 Å². The van der Waals surface area contributed by atoms with Gasteiger partial charge in [-0.1, -0.05) is 16.8 Å². The molecule has 6 nitrogen and oxygen atoms in total. The van der Waals surface area contributed by atoms with Crippen molar-refractivity contribution < 1.29 is 14.0 Å². The molecule has 160 valence electrons. The Bertz CT molecular complexity index is 951. The van der Waals surface area contributed by atoms with Crippen molar-refractivity contribution in [3.8, 4) is 0 Å². The van der Waals surface area contributed by atoms with E-state index in [1.165, 1.54) is 11.3 Å². The highest BCUT2D eigenvalue weighted by atomic mass is 35.5. The zero-order valence-corrected chi connectivity index (χ0v) is 18.3. The zero-order chi connectivity index (χ0) is 21.1. The molecule has 0 bridgehead atoms. The largest absolute Gasteiger partial charge is 0.390 e. The number of carbonyl (C=O) groups is 1. The standard InChI is InChI=1S/C21H24ClFN4O2S/c1-26-7-2-8-27(10-9-26)14-3-4-16(17(23)11-14)18-12-15(29-25-18)13-24-21(28)19-5-6-20(22)30-19/h3-6,11,15H,2,7-10,12-13H2,1H3,(H,24,28). The van der Waals surface area contributed by atoms with E-state index in [-0.39, 0.29) is 17.8 Å². The van der Waals surface area contributed by atoms with Gasteiger partial charge in [-0.15, -0.1) is 11.3 Å². The summed E-state index contributed by atoms with van der Waals surface area (Å²) in [5.74, 6) is -0.507. The van der Waals surface area contributed by atoms with Crippen LogP contribution in [0.4, 0.5) is 10.1 Å². The fourth-order valence-corrected chi connectivity index (χ4v) is 4.63. The average Bonchev–Trinajstić information content (AvgIpc) is 3.32. The van der Waals surface area contributed by atoms with E-state index in [2.05, 4.69) is 27.3 Å². The minimum Gasteiger partial charge on any atom is -0.390 e. The van der Waals surface area contributed by atoms with Gasteiger partial charge in [-0.2, -0.15) is 0 Å². The molecule has 9 heteroatoms. The fourth-order valence-electron chi connectivity index (χ4n) is 3.67. The normalized spacial score (nSPS) is 19.9. The summed E-state index contributed by atoms with van der Waals surface area (Å²) in [4.78, 5) is 22.6. The van der Waals surface area contributed by atoms with E-state index >= 15 is 0 Å². The van der Waals surface area contributed by atoms with Gasteiger partial charge in [0.15, 0.2) is 0 Å². The second-order valence-electron chi connectivity index (χ2n) is 7.59. The highest BCUT2D eigenvalue weighted by molar-refractivity contribution is 7.17. The lowest BCUT2D eigenvalue weighted by molar-refractivity contribution is 0.0755.